The van der Waals surface area contributed by atoms with Crippen LogP contribution in [0.2, 0.25) is 0 Å². The molecule has 0 saturated carbocycles. The predicted octanol–water partition coefficient (Wildman–Crippen LogP) is 0.394. The Labute approximate surface area is 77.9 Å². The average Bonchev–Trinajstić information content (AvgIpc) is 2.36. The van der Waals surface area contributed by atoms with E-state index in [1.807, 2.05) is 26.0 Å². The van der Waals surface area contributed by atoms with E-state index in [9.17, 15) is 4.79 Å². The van der Waals surface area contributed by atoms with Crippen molar-refractivity contribution in [2.75, 3.05) is 19.0 Å². The molecule has 0 bridgehead atoms. The third-order valence-corrected chi connectivity index (χ3v) is 1.84. The molecule has 0 saturated heterocycles. The minimum absolute atomic E-state index is 0.0371. The molecule has 1 amide bonds. The molecule has 0 aliphatic heterocycles. The highest BCUT2D eigenvalue weighted by Gasteiger charge is 2.03. The molecule has 0 aliphatic rings. The Morgan fingerprint density at radius 1 is 1.38 bits per heavy atom. The predicted molar refractivity (Wildman–Crippen MR) is 52.2 cm³/mol. The third-order valence-electron chi connectivity index (χ3n) is 1.84. The van der Waals surface area contributed by atoms with Crippen LogP contribution in [0.25, 0.3) is 0 Å². The number of hydrogen-bond acceptors (Lipinski definition) is 2. The molecule has 1 rings (SSSR count). The summed E-state index contributed by atoms with van der Waals surface area (Å²) >= 11 is 0. The van der Waals surface area contributed by atoms with Crippen molar-refractivity contribution >= 4 is 5.91 Å². The van der Waals surface area contributed by atoms with Gasteiger partial charge in [-0.1, -0.05) is 0 Å². The van der Waals surface area contributed by atoms with Crippen molar-refractivity contribution in [3.05, 3.63) is 23.5 Å². The van der Waals surface area contributed by atoms with Gasteiger partial charge in [0, 0.05) is 11.4 Å². The van der Waals surface area contributed by atoms with Crippen molar-refractivity contribution in [3.8, 4) is 0 Å². The van der Waals surface area contributed by atoms with Crippen LogP contribution in [0.15, 0.2) is 12.1 Å². The maximum Gasteiger partial charge on any atom is 0.252 e. The topological polar surface area (TPSA) is 46.1 Å². The largest absolute Gasteiger partial charge is 0.311 e. The molecule has 72 valence electrons. The molecule has 2 N–H and O–H groups in total. The summed E-state index contributed by atoms with van der Waals surface area (Å²) in [6.45, 7) is 4.23. The van der Waals surface area contributed by atoms with E-state index in [0.29, 0.717) is 6.54 Å². The highest BCUT2D eigenvalue weighted by atomic mass is 16.2. The van der Waals surface area contributed by atoms with Gasteiger partial charge < -0.3 is 5.32 Å². The van der Waals surface area contributed by atoms with E-state index in [1.54, 1.807) is 11.7 Å². The standard InChI is InChI=1S/C9H15N3O/c1-7-4-5-8(2)12(7)11-9(13)6-10-3/h4-5,10H,6H2,1-3H3,(H,11,13). The van der Waals surface area contributed by atoms with Crippen LogP contribution >= 0.6 is 0 Å². The molecule has 13 heavy (non-hydrogen) atoms. The molecule has 0 aromatic carbocycles. The molecule has 4 heteroatoms. The maximum absolute atomic E-state index is 11.2. The first kappa shape index (κ1) is 9.80. The molecule has 0 unspecified atom stereocenters. The van der Waals surface area contributed by atoms with Gasteiger partial charge >= 0.3 is 0 Å². The molecule has 1 aromatic rings. The zero-order valence-corrected chi connectivity index (χ0v) is 8.22. The second kappa shape index (κ2) is 4.09. The van der Waals surface area contributed by atoms with Crippen molar-refractivity contribution in [2.24, 2.45) is 0 Å². The van der Waals surface area contributed by atoms with Gasteiger partial charge in [-0.25, -0.2) is 0 Å². The lowest BCUT2D eigenvalue weighted by Gasteiger charge is -2.10. The zero-order chi connectivity index (χ0) is 9.84. The van der Waals surface area contributed by atoms with Crippen molar-refractivity contribution < 1.29 is 4.79 Å². The summed E-state index contributed by atoms with van der Waals surface area (Å²) in [5.41, 5.74) is 4.83. The summed E-state index contributed by atoms with van der Waals surface area (Å²) in [6.07, 6.45) is 0. The van der Waals surface area contributed by atoms with Crippen LogP contribution in [0, 0.1) is 13.8 Å². The quantitative estimate of drug-likeness (QED) is 0.708. The van der Waals surface area contributed by atoms with Gasteiger partial charge in [0.05, 0.1) is 6.54 Å². The Morgan fingerprint density at radius 2 is 1.92 bits per heavy atom. The number of aryl methyl sites for hydroxylation is 2. The van der Waals surface area contributed by atoms with Crippen LogP contribution < -0.4 is 10.7 Å². The Morgan fingerprint density at radius 3 is 2.38 bits per heavy atom. The van der Waals surface area contributed by atoms with Crippen LogP contribution in [0.1, 0.15) is 11.4 Å². The highest BCUT2D eigenvalue weighted by Crippen LogP contribution is 2.03. The van der Waals surface area contributed by atoms with E-state index in [-0.39, 0.29) is 5.91 Å². The summed E-state index contributed by atoms with van der Waals surface area (Å²) in [5, 5.41) is 2.79. The van der Waals surface area contributed by atoms with E-state index < -0.39 is 0 Å². The average molecular weight is 181 g/mol. The van der Waals surface area contributed by atoms with E-state index in [2.05, 4.69) is 10.7 Å². The number of nitrogens with one attached hydrogen (secondary N) is 2. The summed E-state index contributed by atoms with van der Waals surface area (Å²) in [4.78, 5) is 11.2. The summed E-state index contributed by atoms with van der Waals surface area (Å²) in [7, 11) is 1.74. The highest BCUT2D eigenvalue weighted by molar-refractivity contribution is 5.85. The Hall–Kier alpha value is -1.29. The van der Waals surface area contributed by atoms with Crippen molar-refractivity contribution in [1.29, 1.82) is 0 Å². The number of rotatable bonds is 3. The Kier molecular flexibility index (Phi) is 3.08. The monoisotopic (exact) mass is 181 g/mol. The lowest BCUT2D eigenvalue weighted by Crippen LogP contribution is -2.31. The fraction of sp³-hybridized carbons (Fsp3) is 0.444. The molecule has 0 aliphatic carbocycles. The number of carbonyl (C=O) groups is 1. The molecule has 0 radical (unpaired) electrons. The second-order valence-electron chi connectivity index (χ2n) is 3.02. The maximum atomic E-state index is 11.2. The molecule has 4 nitrogen and oxygen atoms in total. The summed E-state index contributed by atoms with van der Waals surface area (Å²) in [6, 6.07) is 3.93. The number of amides is 1. The number of nitrogens with zero attached hydrogens (tertiary/aromatic N) is 1. The van der Waals surface area contributed by atoms with Gasteiger partial charge in [-0.2, -0.15) is 0 Å². The lowest BCUT2D eigenvalue weighted by molar-refractivity contribution is -0.116. The normalized spacial score (nSPS) is 10.1. The number of hydrogen-bond donors (Lipinski definition) is 2. The first-order valence-corrected chi connectivity index (χ1v) is 4.24. The van der Waals surface area contributed by atoms with E-state index in [1.165, 1.54) is 0 Å². The van der Waals surface area contributed by atoms with Crippen LogP contribution in [0.3, 0.4) is 0 Å². The van der Waals surface area contributed by atoms with E-state index in [0.717, 1.165) is 11.4 Å². The second-order valence-corrected chi connectivity index (χ2v) is 3.02. The first-order chi connectivity index (χ1) is 6.15. The smallest absolute Gasteiger partial charge is 0.252 e. The van der Waals surface area contributed by atoms with E-state index in [4.69, 9.17) is 0 Å². The number of likely N-dealkylation sites (N-methyl/N-ethyl adjacent to an activating group) is 1. The molecule has 1 heterocycles. The van der Waals surface area contributed by atoms with Gasteiger partial charge in [0.25, 0.3) is 5.91 Å². The molecule has 0 atom stereocenters. The molecular weight excluding hydrogens is 166 g/mol. The number of carbonyl (C=O) groups excluding carboxylic acids is 1. The fourth-order valence-corrected chi connectivity index (χ4v) is 1.17. The minimum Gasteiger partial charge on any atom is -0.311 e. The third kappa shape index (κ3) is 2.32. The summed E-state index contributed by atoms with van der Waals surface area (Å²) in [5.74, 6) is -0.0371. The first-order valence-electron chi connectivity index (χ1n) is 4.24. The summed E-state index contributed by atoms with van der Waals surface area (Å²) < 4.78 is 1.78. The van der Waals surface area contributed by atoms with Crippen LogP contribution in [0.5, 0.6) is 0 Å². The molecule has 0 spiro atoms. The SMILES string of the molecule is CNCC(=O)Nn1c(C)ccc1C. The number of aromatic nitrogens is 1. The fourth-order valence-electron chi connectivity index (χ4n) is 1.17. The Bertz CT molecular complexity index is 284. The Balaban J connectivity index is 2.68. The van der Waals surface area contributed by atoms with Gasteiger partial charge in [-0.15, -0.1) is 0 Å². The van der Waals surface area contributed by atoms with Crippen molar-refractivity contribution in [2.45, 2.75) is 13.8 Å². The minimum atomic E-state index is -0.0371. The van der Waals surface area contributed by atoms with Crippen molar-refractivity contribution in [1.82, 2.24) is 9.99 Å². The van der Waals surface area contributed by atoms with E-state index >= 15 is 0 Å². The molecular formula is C9H15N3O. The van der Waals surface area contributed by atoms with Crippen molar-refractivity contribution in [3.63, 3.8) is 0 Å². The molecule has 1 aromatic heterocycles. The van der Waals surface area contributed by atoms with Crippen LogP contribution in [-0.4, -0.2) is 24.2 Å². The van der Waals surface area contributed by atoms with Gasteiger partial charge in [-0.3, -0.25) is 14.9 Å². The van der Waals surface area contributed by atoms with Gasteiger partial charge in [0.15, 0.2) is 0 Å². The van der Waals surface area contributed by atoms with Crippen LogP contribution in [0.4, 0.5) is 0 Å². The van der Waals surface area contributed by atoms with Gasteiger partial charge in [-0.05, 0) is 33.0 Å². The zero-order valence-electron chi connectivity index (χ0n) is 8.22. The lowest BCUT2D eigenvalue weighted by atomic mass is 10.5. The molecule has 0 fully saturated rings. The van der Waals surface area contributed by atoms with Gasteiger partial charge in [0.1, 0.15) is 0 Å². The van der Waals surface area contributed by atoms with Crippen LogP contribution in [-0.2, 0) is 4.79 Å². The van der Waals surface area contributed by atoms with Gasteiger partial charge in [0.2, 0.25) is 0 Å².